The first kappa shape index (κ1) is 33.6. The lowest BCUT2D eigenvalue weighted by Crippen LogP contribution is -2.70. The van der Waals surface area contributed by atoms with E-state index in [2.05, 4.69) is 11.2 Å². The third-order valence-electron chi connectivity index (χ3n) is 10.6. The van der Waals surface area contributed by atoms with Crippen LogP contribution < -0.4 is 0 Å². The number of rotatable bonds is 7. The average molecular weight is 661 g/mol. The standard InChI is InChI=1S/C34H38F2O7S2/c1-5-9-28(39)42-13-6-7-14-45-30(41)34(43-29(40)26-10-8-15-44-26)20(2)16-22-23-18-25(35)24-17-21(37)11-12-31(24,3)33(23,36)27(38)19-32(22,34)4/h8,10-12,15,17,20,22-23,25,27,38H,5-6,9,13,16,18-19H2,1-4H3/t20-,22+,23+,25+,27+,31+,32+,33+,34+/m1/s1. The van der Waals surface area contributed by atoms with E-state index in [9.17, 15) is 24.3 Å². The number of allylic oxidation sites excluding steroid dienone is 4. The van der Waals surface area contributed by atoms with Crippen LogP contribution in [0.3, 0.4) is 0 Å². The highest BCUT2D eigenvalue weighted by atomic mass is 32.2. The second kappa shape index (κ2) is 12.4. The zero-order valence-electron chi connectivity index (χ0n) is 25.8. The van der Waals surface area contributed by atoms with Crippen molar-refractivity contribution in [1.29, 1.82) is 0 Å². The molecule has 0 radical (unpaired) electrons. The number of alkyl halides is 2. The Morgan fingerprint density at radius 3 is 2.67 bits per heavy atom. The van der Waals surface area contributed by atoms with Crippen molar-refractivity contribution in [3.05, 3.63) is 46.2 Å². The molecule has 5 rings (SSSR count). The van der Waals surface area contributed by atoms with Crippen LogP contribution in [0.1, 0.15) is 75.9 Å². The molecule has 3 fully saturated rings. The summed E-state index contributed by atoms with van der Waals surface area (Å²) in [5.41, 5.74) is -6.97. The van der Waals surface area contributed by atoms with Crippen LogP contribution in [-0.2, 0) is 23.9 Å². The second-order valence-electron chi connectivity index (χ2n) is 13.0. The van der Waals surface area contributed by atoms with Crippen LogP contribution in [0.2, 0.25) is 0 Å². The molecule has 1 aromatic heterocycles. The van der Waals surface area contributed by atoms with E-state index in [4.69, 9.17) is 9.47 Å². The van der Waals surface area contributed by atoms with Crippen LogP contribution in [0.25, 0.3) is 0 Å². The molecule has 11 heteroatoms. The van der Waals surface area contributed by atoms with Gasteiger partial charge in [-0.3, -0.25) is 14.4 Å². The van der Waals surface area contributed by atoms with Crippen LogP contribution in [0.4, 0.5) is 8.78 Å². The summed E-state index contributed by atoms with van der Waals surface area (Å²) in [4.78, 5) is 51.9. The van der Waals surface area contributed by atoms with Gasteiger partial charge in [-0.15, -0.1) is 11.3 Å². The zero-order valence-corrected chi connectivity index (χ0v) is 27.4. The van der Waals surface area contributed by atoms with E-state index in [0.717, 1.165) is 17.4 Å². The van der Waals surface area contributed by atoms with Crippen LogP contribution in [0, 0.1) is 39.8 Å². The number of hydrogen-bond acceptors (Lipinski definition) is 9. The molecule has 4 aliphatic carbocycles. The number of ether oxygens (including phenoxy) is 2. The Kier molecular flexibility index (Phi) is 9.26. The highest BCUT2D eigenvalue weighted by molar-refractivity contribution is 8.17. The highest BCUT2D eigenvalue weighted by Gasteiger charge is 2.78. The van der Waals surface area contributed by atoms with E-state index in [1.165, 1.54) is 19.1 Å². The summed E-state index contributed by atoms with van der Waals surface area (Å²) in [7, 11) is 0. The van der Waals surface area contributed by atoms with E-state index in [1.807, 2.05) is 6.92 Å². The molecule has 0 unspecified atom stereocenters. The molecule has 45 heavy (non-hydrogen) atoms. The van der Waals surface area contributed by atoms with Gasteiger partial charge in [-0.25, -0.2) is 13.6 Å². The number of hydrogen-bond donors (Lipinski definition) is 1. The summed E-state index contributed by atoms with van der Waals surface area (Å²) in [6.45, 7) is 6.95. The van der Waals surface area contributed by atoms with Crippen molar-refractivity contribution in [1.82, 2.24) is 0 Å². The number of aliphatic hydroxyl groups excluding tert-OH is 1. The molecule has 3 saturated carbocycles. The number of halogens is 2. The fourth-order valence-corrected chi connectivity index (χ4v) is 10.0. The maximum atomic E-state index is 17.7. The quantitative estimate of drug-likeness (QED) is 0.211. The van der Waals surface area contributed by atoms with Gasteiger partial charge in [0, 0.05) is 47.3 Å². The van der Waals surface area contributed by atoms with Crippen LogP contribution in [-0.4, -0.2) is 58.1 Å². The van der Waals surface area contributed by atoms with Gasteiger partial charge in [-0.05, 0) is 72.9 Å². The van der Waals surface area contributed by atoms with E-state index < -0.39 is 69.0 Å². The highest BCUT2D eigenvalue weighted by Crippen LogP contribution is 2.72. The Balaban J connectivity index is 1.50. The Morgan fingerprint density at radius 2 is 1.98 bits per heavy atom. The number of esters is 2. The van der Waals surface area contributed by atoms with Crippen molar-refractivity contribution in [3.63, 3.8) is 0 Å². The lowest BCUT2D eigenvalue weighted by molar-refractivity contribution is -0.221. The van der Waals surface area contributed by atoms with Gasteiger partial charge in [0.05, 0.1) is 6.10 Å². The second-order valence-corrected chi connectivity index (χ2v) is 14.7. The smallest absolute Gasteiger partial charge is 0.349 e. The molecule has 4 aliphatic rings. The van der Waals surface area contributed by atoms with Gasteiger partial charge in [-0.1, -0.05) is 38.8 Å². The molecule has 0 amide bonds. The first-order chi connectivity index (χ1) is 21.3. The maximum absolute atomic E-state index is 17.7. The van der Waals surface area contributed by atoms with Gasteiger partial charge in [0.15, 0.2) is 17.1 Å². The van der Waals surface area contributed by atoms with E-state index in [0.29, 0.717) is 24.6 Å². The zero-order chi connectivity index (χ0) is 32.8. The van der Waals surface area contributed by atoms with Gasteiger partial charge >= 0.3 is 11.9 Å². The Bertz CT molecular complexity index is 1490. The predicted molar refractivity (Wildman–Crippen MR) is 167 cm³/mol. The summed E-state index contributed by atoms with van der Waals surface area (Å²) < 4.78 is 44.9. The largest absolute Gasteiger partial charge is 0.465 e. The maximum Gasteiger partial charge on any atom is 0.349 e. The first-order valence-corrected chi connectivity index (χ1v) is 17.0. The van der Waals surface area contributed by atoms with Crippen molar-refractivity contribution >= 4 is 45.9 Å². The normalized spacial score (nSPS) is 38.2. The molecule has 0 bridgehead atoms. The summed E-state index contributed by atoms with van der Waals surface area (Å²) in [6, 6.07) is 3.27. The number of carbonyl (C=O) groups is 4. The Morgan fingerprint density at radius 1 is 1.22 bits per heavy atom. The van der Waals surface area contributed by atoms with Gasteiger partial charge in [-0.2, -0.15) is 0 Å². The Hall–Kier alpha value is -2.81. The van der Waals surface area contributed by atoms with Gasteiger partial charge in [0.1, 0.15) is 17.7 Å². The molecule has 0 spiro atoms. The SMILES string of the molecule is CCCC(=O)OCCC#CSC(=O)[C@@]1(OC(=O)c2cccs2)[C@H](C)C[C@H]2[C@@H]3C[C@H](F)C4=CC(=O)C=C[C@]4(C)[C@@]3(F)[C@@H](O)C[C@@]21C. The number of fused-ring (bicyclic) bond motifs is 5. The summed E-state index contributed by atoms with van der Waals surface area (Å²) in [6.07, 6.45) is 1.32. The third-order valence-corrected chi connectivity index (χ3v) is 12.2. The van der Waals surface area contributed by atoms with Crippen LogP contribution in [0.5, 0.6) is 0 Å². The molecule has 1 N–H and O–H groups in total. The summed E-state index contributed by atoms with van der Waals surface area (Å²) in [5.74, 6) is -0.952. The fraction of sp³-hybridized carbons (Fsp3) is 0.588. The van der Waals surface area contributed by atoms with E-state index >= 15 is 8.78 Å². The minimum absolute atomic E-state index is 0.0140. The van der Waals surface area contributed by atoms with Crippen molar-refractivity contribution < 1.29 is 42.5 Å². The monoisotopic (exact) mass is 660 g/mol. The van der Waals surface area contributed by atoms with Gasteiger partial charge in [0.2, 0.25) is 5.12 Å². The average Bonchev–Trinajstić information content (AvgIpc) is 3.60. The number of ketones is 1. The molecule has 1 heterocycles. The number of thiophene rings is 1. The molecule has 242 valence electrons. The molecule has 0 aliphatic heterocycles. The molecular weight excluding hydrogens is 622 g/mol. The Labute approximate surface area is 270 Å². The van der Waals surface area contributed by atoms with Crippen LogP contribution >= 0.6 is 23.1 Å². The van der Waals surface area contributed by atoms with Crippen molar-refractivity contribution in [2.24, 2.45) is 28.6 Å². The molecule has 1 aromatic rings. The van der Waals surface area contributed by atoms with E-state index in [1.54, 1.807) is 31.4 Å². The minimum atomic E-state index is -2.33. The first-order valence-electron chi connectivity index (χ1n) is 15.3. The molecule has 0 aromatic carbocycles. The predicted octanol–water partition coefficient (Wildman–Crippen LogP) is 6.16. The van der Waals surface area contributed by atoms with Gasteiger partial charge < -0.3 is 14.6 Å². The minimum Gasteiger partial charge on any atom is -0.465 e. The molecule has 7 nitrogen and oxygen atoms in total. The summed E-state index contributed by atoms with van der Waals surface area (Å²) in [5, 5.41) is 15.6. The molecular formula is C34H38F2O7S2. The molecule has 0 saturated heterocycles. The third kappa shape index (κ3) is 5.21. The van der Waals surface area contributed by atoms with Crippen molar-refractivity contribution in [2.75, 3.05) is 6.61 Å². The lowest BCUT2D eigenvalue weighted by atomic mass is 9.44. The van der Waals surface area contributed by atoms with Crippen molar-refractivity contribution in [3.8, 4) is 11.2 Å². The number of aliphatic hydroxyl groups is 1. The van der Waals surface area contributed by atoms with Crippen molar-refractivity contribution in [2.45, 2.75) is 89.8 Å². The van der Waals surface area contributed by atoms with Gasteiger partial charge in [0.25, 0.3) is 0 Å². The molecule has 9 atom stereocenters. The number of carbonyl (C=O) groups excluding carboxylic acids is 4. The fourth-order valence-electron chi connectivity index (χ4n) is 8.51. The van der Waals surface area contributed by atoms with E-state index in [-0.39, 0.29) is 48.7 Å². The lowest BCUT2D eigenvalue weighted by Gasteiger charge is -2.63. The summed E-state index contributed by atoms with van der Waals surface area (Å²) >= 11 is 1.82. The van der Waals surface area contributed by atoms with Crippen LogP contribution in [0.15, 0.2) is 41.3 Å². The topological polar surface area (TPSA) is 107 Å². The number of thioether (sulfide) groups is 1.